The first-order chi connectivity index (χ1) is 7.59. The molecular formula is C12H11ClN2S. The van der Waals surface area contributed by atoms with Gasteiger partial charge in [0.25, 0.3) is 0 Å². The van der Waals surface area contributed by atoms with Crippen molar-refractivity contribution in [2.45, 2.75) is 13.8 Å². The minimum Gasteiger partial charge on any atom is -0.266 e. The quantitative estimate of drug-likeness (QED) is 0.773. The summed E-state index contributed by atoms with van der Waals surface area (Å²) < 4.78 is 0.609. The van der Waals surface area contributed by atoms with Gasteiger partial charge >= 0.3 is 0 Å². The minimum absolute atomic E-state index is 0.421. The number of hydrogen-bond donors (Lipinski definition) is 1. The number of H-pyrrole nitrogens is 1. The summed E-state index contributed by atoms with van der Waals surface area (Å²) in [6, 6.07) is 7.93. The van der Waals surface area contributed by atoms with E-state index < -0.39 is 0 Å². The number of rotatable bonds is 1. The summed E-state index contributed by atoms with van der Waals surface area (Å²) in [4.78, 5) is 0. The standard InChI is InChI=1S/C12H11ClN2S/c1-7-4-3-5-9(8(7)2)10-6-11(13)14-15-12(10)16/h3-6H,1-2H3,(H,15,16). The second-order valence-corrected chi connectivity index (χ2v) is 4.48. The molecule has 1 aromatic heterocycles. The van der Waals surface area contributed by atoms with E-state index in [0.29, 0.717) is 9.79 Å². The van der Waals surface area contributed by atoms with Crippen molar-refractivity contribution in [3.05, 3.63) is 45.2 Å². The molecule has 0 fully saturated rings. The Morgan fingerprint density at radius 1 is 1.25 bits per heavy atom. The number of hydrogen-bond acceptors (Lipinski definition) is 2. The van der Waals surface area contributed by atoms with Crippen LogP contribution in [0.1, 0.15) is 11.1 Å². The van der Waals surface area contributed by atoms with Gasteiger partial charge in [-0.2, -0.15) is 5.10 Å². The van der Waals surface area contributed by atoms with Gasteiger partial charge in [-0.25, -0.2) is 0 Å². The molecule has 0 bridgehead atoms. The number of nitrogens with one attached hydrogen (secondary N) is 1. The van der Waals surface area contributed by atoms with E-state index in [1.165, 1.54) is 11.1 Å². The Morgan fingerprint density at radius 3 is 2.75 bits per heavy atom. The molecule has 0 unspecified atom stereocenters. The van der Waals surface area contributed by atoms with Gasteiger partial charge in [-0.05, 0) is 36.6 Å². The van der Waals surface area contributed by atoms with Crippen molar-refractivity contribution in [3.63, 3.8) is 0 Å². The van der Waals surface area contributed by atoms with Crippen molar-refractivity contribution in [2.24, 2.45) is 0 Å². The highest BCUT2D eigenvalue weighted by Crippen LogP contribution is 2.26. The van der Waals surface area contributed by atoms with Gasteiger partial charge in [0.15, 0.2) is 0 Å². The molecule has 4 heteroatoms. The monoisotopic (exact) mass is 250 g/mol. The third-order valence-corrected chi connectivity index (χ3v) is 3.17. The fourth-order valence-corrected chi connectivity index (χ4v) is 1.99. The van der Waals surface area contributed by atoms with Gasteiger partial charge in [-0.1, -0.05) is 42.0 Å². The molecule has 0 spiro atoms. The second-order valence-electron chi connectivity index (χ2n) is 3.68. The largest absolute Gasteiger partial charge is 0.266 e. The summed E-state index contributed by atoms with van der Waals surface area (Å²) in [6.07, 6.45) is 0. The van der Waals surface area contributed by atoms with Crippen LogP contribution in [0.4, 0.5) is 0 Å². The molecule has 0 atom stereocenters. The van der Waals surface area contributed by atoms with Crippen molar-refractivity contribution in [3.8, 4) is 11.1 Å². The van der Waals surface area contributed by atoms with E-state index in [0.717, 1.165) is 11.1 Å². The van der Waals surface area contributed by atoms with Crippen molar-refractivity contribution in [1.29, 1.82) is 0 Å². The molecular weight excluding hydrogens is 240 g/mol. The molecule has 82 valence electrons. The maximum Gasteiger partial charge on any atom is 0.150 e. The normalized spacial score (nSPS) is 10.4. The lowest BCUT2D eigenvalue weighted by Gasteiger charge is -2.08. The highest BCUT2D eigenvalue weighted by atomic mass is 35.5. The zero-order valence-electron chi connectivity index (χ0n) is 9.04. The van der Waals surface area contributed by atoms with Gasteiger partial charge in [0, 0.05) is 5.56 Å². The van der Waals surface area contributed by atoms with E-state index in [-0.39, 0.29) is 0 Å². The van der Waals surface area contributed by atoms with Crippen LogP contribution in [0.25, 0.3) is 11.1 Å². The summed E-state index contributed by atoms with van der Waals surface area (Å²) in [6.45, 7) is 4.15. The highest BCUT2D eigenvalue weighted by molar-refractivity contribution is 7.71. The number of benzene rings is 1. The molecule has 2 rings (SSSR count). The van der Waals surface area contributed by atoms with E-state index >= 15 is 0 Å². The predicted molar refractivity (Wildman–Crippen MR) is 69.3 cm³/mol. The van der Waals surface area contributed by atoms with Crippen LogP contribution in [0.15, 0.2) is 24.3 Å². The molecule has 0 saturated carbocycles. The molecule has 0 radical (unpaired) electrons. The first kappa shape index (κ1) is 11.3. The molecule has 16 heavy (non-hydrogen) atoms. The van der Waals surface area contributed by atoms with Crippen LogP contribution in [0.5, 0.6) is 0 Å². The molecule has 1 heterocycles. The number of aromatic nitrogens is 2. The third kappa shape index (κ3) is 2.01. The summed E-state index contributed by atoms with van der Waals surface area (Å²) in [5.74, 6) is 0. The van der Waals surface area contributed by atoms with E-state index in [1.807, 2.05) is 12.1 Å². The van der Waals surface area contributed by atoms with Crippen LogP contribution in [0, 0.1) is 18.5 Å². The Balaban J connectivity index is 2.72. The zero-order chi connectivity index (χ0) is 11.7. The van der Waals surface area contributed by atoms with Crippen LogP contribution >= 0.6 is 23.8 Å². The van der Waals surface area contributed by atoms with Crippen LogP contribution in [-0.4, -0.2) is 10.2 Å². The van der Waals surface area contributed by atoms with Crippen LogP contribution < -0.4 is 0 Å². The molecule has 0 aliphatic heterocycles. The third-order valence-electron chi connectivity index (χ3n) is 2.67. The lowest BCUT2D eigenvalue weighted by Crippen LogP contribution is -1.91. The summed E-state index contributed by atoms with van der Waals surface area (Å²) in [5.41, 5.74) is 4.48. The Labute approximate surface area is 104 Å². The van der Waals surface area contributed by atoms with E-state index in [2.05, 4.69) is 30.1 Å². The number of halogens is 1. The van der Waals surface area contributed by atoms with E-state index in [1.54, 1.807) is 6.07 Å². The van der Waals surface area contributed by atoms with E-state index in [9.17, 15) is 0 Å². The average Bonchev–Trinajstić information content (AvgIpc) is 2.26. The lowest BCUT2D eigenvalue weighted by atomic mass is 9.99. The first-order valence-corrected chi connectivity index (χ1v) is 5.70. The minimum atomic E-state index is 0.421. The smallest absolute Gasteiger partial charge is 0.150 e. The topological polar surface area (TPSA) is 28.7 Å². The first-order valence-electron chi connectivity index (χ1n) is 4.91. The van der Waals surface area contributed by atoms with Gasteiger partial charge < -0.3 is 0 Å². The highest BCUT2D eigenvalue weighted by Gasteiger charge is 2.06. The molecule has 0 aliphatic carbocycles. The van der Waals surface area contributed by atoms with E-state index in [4.69, 9.17) is 23.8 Å². The average molecular weight is 251 g/mol. The maximum atomic E-state index is 5.87. The lowest BCUT2D eigenvalue weighted by molar-refractivity contribution is 1.02. The van der Waals surface area contributed by atoms with Crippen molar-refractivity contribution in [1.82, 2.24) is 10.2 Å². The zero-order valence-corrected chi connectivity index (χ0v) is 10.6. The summed E-state index contributed by atoms with van der Waals surface area (Å²) >= 11 is 11.1. The predicted octanol–water partition coefficient (Wildman–Crippen LogP) is 4.08. The van der Waals surface area contributed by atoms with Crippen LogP contribution in [-0.2, 0) is 0 Å². The van der Waals surface area contributed by atoms with Gasteiger partial charge in [0.1, 0.15) is 9.79 Å². The maximum absolute atomic E-state index is 5.87. The van der Waals surface area contributed by atoms with Crippen molar-refractivity contribution >= 4 is 23.8 Å². The molecule has 2 nitrogen and oxygen atoms in total. The Bertz CT molecular complexity index is 590. The molecule has 0 amide bonds. The van der Waals surface area contributed by atoms with Gasteiger partial charge in [0.05, 0.1) is 0 Å². The molecule has 1 aromatic carbocycles. The Hall–Kier alpha value is -1.19. The van der Waals surface area contributed by atoms with Crippen LogP contribution in [0.3, 0.4) is 0 Å². The number of aromatic amines is 1. The second kappa shape index (κ2) is 4.36. The Kier molecular flexibility index (Phi) is 3.08. The molecule has 2 aromatic rings. The molecule has 0 aliphatic rings. The van der Waals surface area contributed by atoms with Gasteiger partial charge in [-0.3, -0.25) is 5.10 Å². The number of nitrogens with zero attached hydrogens (tertiary/aromatic N) is 1. The Morgan fingerprint density at radius 2 is 2.00 bits per heavy atom. The van der Waals surface area contributed by atoms with Gasteiger partial charge in [-0.15, -0.1) is 0 Å². The molecule has 1 N–H and O–H groups in total. The van der Waals surface area contributed by atoms with Crippen LogP contribution in [0.2, 0.25) is 5.15 Å². The summed E-state index contributed by atoms with van der Waals surface area (Å²) in [5, 5.41) is 7.02. The molecule has 0 saturated heterocycles. The SMILES string of the molecule is Cc1cccc(-c2cc(Cl)n[nH]c2=S)c1C. The number of aryl methyl sites for hydroxylation is 1. The van der Waals surface area contributed by atoms with Crippen molar-refractivity contribution in [2.75, 3.05) is 0 Å². The fourth-order valence-electron chi connectivity index (χ4n) is 1.62. The van der Waals surface area contributed by atoms with Gasteiger partial charge in [0.2, 0.25) is 0 Å². The summed E-state index contributed by atoms with van der Waals surface area (Å²) in [7, 11) is 0. The fraction of sp³-hybridized carbons (Fsp3) is 0.167. The van der Waals surface area contributed by atoms with Crippen molar-refractivity contribution < 1.29 is 0 Å².